The number of thioether (sulfide) groups is 1. The van der Waals surface area contributed by atoms with Crippen LogP contribution in [-0.2, 0) is 11.2 Å². The van der Waals surface area contributed by atoms with Gasteiger partial charge in [0.05, 0.1) is 10.9 Å². The molecule has 0 aliphatic carbocycles. The summed E-state index contributed by atoms with van der Waals surface area (Å²) in [7, 11) is 0. The van der Waals surface area contributed by atoms with Crippen LogP contribution in [0.15, 0.2) is 29.3 Å². The topological polar surface area (TPSA) is 69.9 Å². The molecule has 0 saturated carbocycles. The van der Waals surface area contributed by atoms with Gasteiger partial charge in [0.15, 0.2) is 0 Å². The molecule has 0 saturated heterocycles. The normalized spacial score (nSPS) is 14.6. The Bertz CT molecular complexity index is 904. The molecule has 1 aliphatic rings. The largest absolute Gasteiger partial charge is 0.311 e. The van der Waals surface area contributed by atoms with Crippen molar-refractivity contribution in [1.29, 1.82) is 5.26 Å². The van der Waals surface area contributed by atoms with Crippen LogP contribution in [-0.4, -0.2) is 27.7 Å². The first kappa shape index (κ1) is 19.4. The molecule has 2 aromatic rings. The smallest absolute Gasteiger partial charge is 0.240 e. The Balaban J connectivity index is 1.94. The first-order chi connectivity index (χ1) is 12.9. The van der Waals surface area contributed by atoms with Gasteiger partial charge >= 0.3 is 0 Å². The van der Waals surface area contributed by atoms with Crippen LogP contribution in [0, 0.1) is 31.1 Å². The summed E-state index contributed by atoms with van der Waals surface area (Å²) in [5.41, 5.74) is 3.35. The highest BCUT2D eigenvalue weighted by Gasteiger charge is 2.32. The Morgan fingerprint density at radius 1 is 1.26 bits per heavy atom. The number of fused-ring (bicyclic) bond motifs is 1. The predicted octanol–water partition coefficient (Wildman–Crippen LogP) is 4.06. The fourth-order valence-corrected chi connectivity index (χ4v) is 4.64. The number of carbonyl (C=O) groups is 1. The SMILES string of the molecule is Cc1nc(C)c(C#N)c(SC(C(=O)N2CCCc3ccccc32)C(C)C)n1. The average molecular weight is 381 g/mol. The van der Waals surface area contributed by atoms with Gasteiger partial charge in [0.2, 0.25) is 5.91 Å². The summed E-state index contributed by atoms with van der Waals surface area (Å²) in [4.78, 5) is 24.1. The third kappa shape index (κ3) is 3.98. The van der Waals surface area contributed by atoms with Gasteiger partial charge in [0, 0.05) is 12.2 Å². The van der Waals surface area contributed by atoms with Crippen LogP contribution in [0.5, 0.6) is 0 Å². The lowest BCUT2D eigenvalue weighted by Crippen LogP contribution is -2.43. The number of para-hydroxylation sites is 1. The van der Waals surface area contributed by atoms with Crippen molar-refractivity contribution in [3.63, 3.8) is 0 Å². The van der Waals surface area contributed by atoms with Gasteiger partial charge in [-0.3, -0.25) is 4.79 Å². The van der Waals surface area contributed by atoms with E-state index in [1.54, 1.807) is 0 Å². The quantitative estimate of drug-likeness (QED) is 0.591. The van der Waals surface area contributed by atoms with Gasteiger partial charge in [-0.25, -0.2) is 9.97 Å². The third-order valence-electron chi connectivity index (χ3n) is 4.74. The van der Waals surface area contributed by atoms with Crippen LogP contribution >= 0.6 is 11.8 Å². The van der Waals surface area contributed by atoms with Crippen LogP contribution in [0.2, 0.25) is 0 Å². The van der Waals surface area contributed by atoms with E-state index in [4.69, 9.17) is 0 Å². The van der Waals surface area contributed by atoms with Gasteiger partial charge in [-0.05, 0) is 44.2 Å². The fraction of sp³-hybridized carbons (Fsp3) is 0.429. The highest BCUT2D eigenvalue weighted by molar-refractivity contribution is 8.00. The maximum absolute atomic E-state index is 13.5. The van der Waals surface area contributed by atoms with E-state index in [1.165, 1.54) is 17.3 Å². The minimum Gasteiger partial charge on any atom is -0.311 e. The molecule has 0 fully saturated rings. The fourth-order valence-electron chi connectivity index (χ4n) is 3.40. The van der Waals surface area contributed by atoms with E-state index in [2.05, 4.69) is 22.1 Å². The van der Waals surface area contributed by atoms with E-state index in [9.17, 15) is 10.1 Å². The molecule has 140 valence electrons. The number of amides is 1. The lowest BCUT2D eigenvalue weighted by atomic mass is 10.0. The minimum atomic E-state index is -0.308. The zero-order valence-corrected chi connectivity index (χ0v) is 17.0. The van der Waals surface area contributed by atoms with Crippen LogP contribution in [0.1, 0.15) is 42.9 Å². The molecule has 5 nitrogen and oxygen atoms in total. The van der Waals surface area contributed by atoms with Crippen LogP contribution in [0.3, 0.4) is 0 Å². The maximum Gasteiger partial charge on any atom is 0.240 e. The van der Waals surface area contributed by atoms with Gasteiger partial charge < -0.3 is 4.90 Å². The number of rotatable bonds is 4. The third-order valence-corrected chi connectivity index (χ3v) is 6.26. The Hall–Kier alpha value is -2.39. The van der Waals surface area contributed by atoms with E-state index < -0.39 is 0 Å². The molecule has 0 spiro atoms. The minimum absolute atomic E-state index is 0.0833. The summed E-state index contributed by atoms with van der Waals surface area (Å²) in [6, 6.07) is 10.3. The summed E-state index contributed by atoms with van der Waals surface area (Å²) in [5, 5.41) is 9.81. The molecule has 0 bridgehead atoms. The number of anilines is 1. The molecule has 1 unspecified atom stereocenters. The summed E-state index contributed by atoms with van der Waals surface area (Å²) in [6.07, 6.45) is 1.97. The molecule has 2 heterocycles. The van der Waals surface area contributed by atoms with Crippen molar-refractivity contribution in [2.75, 3.05) is 11.4 Å². The number of benzene rings is 1. The van der Waals surface area contributed by atoms with Gasteiger partial charge in [-0.2, -0.15) is 5.26 Å². The number of carbonyl (C=O) groups excluding carboxylic acids is 1. The van der Waals surface area contributed by atoms with Crippen molar-refractivity contribution in [3.8, 4) is 6.07 Å². The number of nitriles is 1. The Labute approximate surface area is 164 Å². The molecule has 3 rings (SSSR count). The molecule has 1 aromatic carbocycles. The number of aryl methyl sites for hydroxylation is 3. The van der Waals surface area contributed by atoms with Crippen LogP contribution in [0.25, 0.3) is 0 Å². The van der Waals surface area contributed by atoms with Crippen molar-refractivity contribution in [2.24, 2.45) is 5.92 Å². The molecule has 27 heavy (non-hydrogen) atoms. The van der Waals surface area contributed by atoms with Crippen molar-refractivity contribution < 1.29 is 4.79 Å². The van der Waals surface area contributed by atoms with Gasteiger partial charge in [0.25, 0.3) is 0 Å². The number of hydrogen-bond donors (Lipinski definition) is 0. The van der Waals surface area contributed by atoms with Gasteiger partial charge in [-0.1, -0.05) is 43.8 Å². The lowest BCUT2D eigenvalue weighted by molar-refractivity contribution is -0.118. The van der Waals surface area contributed by atoms with Crippen molar-refractivity contribution >= 4 is 23.4 Å². The zero-order valence-electron chi connectivity index (χ0n) is 16.2. The van der Waals surface area contributed by atoms with Crippen LogP contribution in [0.4, 0.5) is 5.69 Å². The monoisotopic (exact) mass is 380 g/mol. The molecular formula is C21H24N4OS. The second kappa shape index (κ2) is 8.10. The number of hydrogen-bond acceptors (Lipinski definition) is 5. The van der Waals surface area contributed by atoms with E-state index >= 15 is 0 Å². The van der Waals surface area contributed by atoms with Crippen molar-refractivity contribution in [2.45, 2.75) is 50.8 Å². The molecular weight excluding hydrogens is 356 g/mol. The standard InChI is InChI=1S/C21H24N4OS/c1-13(2)19(27-20-17(12-22)14(3)23-15(4)24-20)21(26)25-11-7-9-16-8-5-6-10-18(16)25/h5-6,8,10,13,19H,7,9,11H2,1-4H3. The summed E-state index contributed by atoms with van der Waals surface area (Å²) < 4.78 is 0. The predicted molar refractivity (Wildman–Crippen MR) is 108 cm³/mol. The van der Waals surface area contributed by atoms with E-state index in [-0.39, 0.29) is 17.1 Å². The average Bonchev–Trinajstić information content (AvgIpc) is 2.64. The van der Waals surface area contributed by atoms with Gasteiger partial charge in [0.1, 0.15) is 22.5 Å². The van der Waals surface area contributed by atoms with Crippen molar-refractivity contribution in [3.05, 3.63) is 46.9 Å². The summed E-state index contributed by atoms with van der Waals surface area (Å²) in [6.45, 7) is 8.43. The highest BCUT2D eigenvalue weighted by Crippen LogP contribution is 2.34. The molecule has 1 amide bonds. The van der Waals surface area contributed by atoms with E-state index in [1.807, 2.05) is 50.8 Å². The van der Waals surface area contributed by atoms with E-state index in [0.29, 0.717) is 22.1 Å². The highest BCUT2D eigenvalue weighted by atomic mass is 32.2. The first-order valence-corrected chi connectivity index (χ1v) is 10.1. The number of nitrogens with zero attached hydrogens (tertiary/aromatic N) is 4. The van der Waals surface area contributed by atoms with Gasteiger partial charge in [-0.15, -0.1) is 0 Å². The second-order valence-electron chi connectivity index (χ2n) is 7.15. The Morgan fingerprint density at radius 3 is 2.70 bits per heavy atom. The van der Waals surface area contributed by atoms with E-state index in [0.717, 1.165) is 25.1 Å². The molecule has 1 aliphatic heterocycles. The summed E-state index contributed by atoms with van der Waals surface area (Å²) in [5.74, 6) is 0.811. The Kier molecular flexibility index (Phi) is 5.81. The zero-order chi connectivity index (χ0) is 19.6. The second-order valence-corrected chi connectivity index (χ2v) is 8.28. The molecule has 0 N–H and O–H groups in total. The number of aromatic nitrogens is 2. The summed E-state index contributed by atoms with van der Waals surface area (Å²) >= 11 is 1.39. The first-order valence-electron chi connectivity index (χ1n) is 9.23. The van der Waals surface area contributed by atoms with Crippen molar-refractivity contribution in [1.82, 2.24) is 9.97 Å². The molecule has 1 aromatic heterocycles. The molecule has 1 atom stereocenters. The Morgan fingerprint density at radius 2 is 2.00 bits per heavy atom. The molecule has 6 heteroatoms. The lowest BCUT2D eigenvalue weighted by Gasteiger charge is -2.33. The molecule has 0 radical (unpaired) electrons. The maximum atomic E-state index is 13.5. The van der Waals surface area contributed by atoms with Crippen LogP contribution < -0.4 is 4.90 Å².